The van der Waals surface area contributed by atoms with Crippen molar-refractivity contribution in [3.8, 4) is 11.1 Å². The number of hydrogen-bond donors (Lipinski definition) is 1. The number of pyridine rings is 1. The molecule has 0 radical (unpaired) electrons. The number of nitrogens with zero attached hydrogens (tertiary/aromatic N) is 2. The molecule has 0 saturated carbocycles. The molecular formula is C26H25N3O2S. The summed E-state index contributed by atoms with van der Waals surface area (Å²) in [5.41, 5.74) is 5.84. The van der Waals surface area contributed by atoms with Gasteiger partial charge in [0.05, 0.1) is 17.3 Å². The number of nitrogens with one attached hydrogen (secondary N) is 1. The van der Waals surface area contributed by atoms with Gasteiger partial charge in [-0.2, -0.15) is 0 Å². The second-order valence-electron chi connectivity index (χ2n) is 7.63. The molecule has 0 aliphatic heterocycles. The number of amides is 1. The molecule has 2 heterocycles. The summed E-state index contributed by atoms with van der Waals surface area (Å²) in [7, 11) is 0. The van der Waals surface area contributed by atoms with Crippen molar-refractivity contribution in [2.45, 2.75) is 37.6 Å². The Morgan fingerprint density at radius 1 is 1.00 bits per heavy atom. The quantitative estimate of drug-likeness (QED) is 0.348. The van der Waals surface area contributed by atoms with Gasteiger partial charge >= 0.3 is 0 Å². The number of carbonyl (C=O) groups is 1. The Kier molecular flexibility index (Phi) is 6.71. The number of rotatable bonds is 7. The van der Waals surface area contributed by atoms with Crippen molar-refractivity contribution < 1.29 is 9.32 Å². The highest BCUT2D eigenvalue weighted by Gasteiger charge is 2.17. The van der Waals surface area contributed by atoms with Crippen LogP contribution in [0, 0.1) is 13.8 Å². The molecule has 0 aliphatic carbocycles. The van der Waals surface area contributed by atoms with Crippen LogP contribution in [-0.4, -0.2) is 16.0 Å². The first-order chi connectivity index (χ1) is 15.5. The average molecular weight is 444 g/mol. The third kappa shape index (κ3) is 4.92. The SMILES string of the molecule is Cc1noc(C)c1CSc1ncccc1C(=O)N[C@@H](C)c1ccc(-c2ccccc2)cc1. The van der Waals surface area contributed by atoms with Crippen LogP contribution < -0.4 is 5.32 Å². The van der Waals surface area contributed by atoms with Gasteiger partial charge in [0, 0.05) is 17.5 Å². The van der Waals surface area contributed by atoms with Gasteiger partial charge in [-0.05, 0) is 49.6 Å². The maximum atomic E-state index is 13.0. The highest BCUT2D eigenvalue weighted by Crippen LogP contribution is 2.28. The average Bonchev–Trinajstić information content (AvgIpc) is 3.15. The summed E-state index contributed by atoms with van der Waals surface area (Å²) < 4.78 is 5.24. The van der Waals surface area contributed by atoms with Crippen molar-refractivity contribution in [1.82, 2.24) is 15.5 Å². The van der Waals surface area contributed by atoms with E-state index in [1.165, 1.54) is 17.3 Å². The van der Waals surface area contributed by atoms with Crippen LogP contribution in [0.15, 0.2) is 82.5 Å². The van der Waals surface area contributed by atoms with Crippen LogP contribution in [0.2, 0.25) is 0 Å². The van der Waals surface area contributed by atoms with Gasteiger partial charge in [-0.1, -0.05) is 59.8 Å². The number of benzene rings is 2. The van der Waals surface area contributed by atoms with Crippen LogP contribution in [0.3, 0.4) is 0 Å². The lowest BCUT2D eigenvalue weighted by Gasteiger charge is -2.16. The third-order valence-electron chi connectivity index (χ3n) is 5.42. The molecule has 4 rings (SSSR count). The number of thioether (sulfide) groups is 1. The van der Waals surface area contributed by atoms with E-state index in [1.54, 1.807) is 12.3 Å². The molecular weight excluding hydrogens is 418 g/mol. The van der Waals surface area contributed by atoms with Crippen molar-refractivity contribution in [2.24, 2.45) is 0 Å². The van der Waals surface area contributed by atoms with Crippen LogP contribution in [0.5, 0.6) is 0 Å². The molecule has 0 aliphatic rings. The summed E-state index contributed by atoms with van der Waals surface area (Å²) in [6.07, 6.45) is 1.71. The van der Waals surface area contributed by atoms with E-state index in [9.17, 15) is 4.79 Å². The molecule has 2 aromatic heterocycles. The fourth-order valence-corrected chi connectivity index (χ4v) is 4.62. The lowest BCUT2D eigenvalue weighted by Crippen LogP contribution is -2.27. The smallest absolute Gasteiger partial charge is 0.254 e. The number of carbonyl (C=O) groups excluding carboxylic acids is 1. The maximum Gasteiger partial charge on any atom is 0.254 e. The first-order valence-electron chi connectivity index (χ1n) is 10.5. The zero-order valence-corrected chi connectivity index (χ0v) is 19.1. The minimum Gasteiger partial charge on any atom is -0.361 e. The van der Waals surface area contributed by atoms with Crippen LogP contribution in [0.4, 0.5) is 0 Å². The standard InChI is InChI=1S/C26H25N3O2S/c1-17(20-11-13-22(14-12-20)21-8-5-4-6-9-21)28-25(30)23-10-7-15-27-26(23)32-16-24-18(2)29-31-19(24)3/h4-15,17H,16H2,1-3H3,(H,28,30)/t17-/m0/s1. The van der Waals surface area contributed by atoms with Crippen LogP contribution in [0.25, 0.3) is 11.1 Å². The minimum absolute atomic E-state index is 0.132. The molecule has 162 valence electrons. The van der Waals surface area contributed by atoms with E-state index >= 15 is 0 Å². The molecule has 5 nitrogen and oxygen atoms in total. The topological polar surface area (TPSA) is 68.0 Å². The first-order valence-corrected chi connectivity index (χ1v) is 11.5. The number of hydrogen-bond acceptors (Lipinski definition) is 5. The second-order valence-corrected chi connectivity index (χ2v) is 8.59. The fourth-order valence-electron chi connectivity index (χ4n) is 3.48. The molecule has 0 spiro atoms. The summed E-state index contributed by atoms with van der Waals surface area (Å²) in [6, 6.07) is 22.0. The van der Waals surface area contributed by atoms with Crippen LogP contribution in [0.1, 0.15) is 45.9 Å². The molecule has 1 N–H and O–H groups in total. The Morgan fingerprint density at radius 2 is 1.72 bits per heavy atom. The maximum absolute atomic E-state index is 13.0. The zero-order valence-electron chi connectivity index (χ0n) is 18.3. The predicted molar refractivity (Wildman–Crippen MR) is 128 cm³/mol. The van der Waals surface area contributed by atoms with Gasteiger partial charge in [-0.25, -0.2) is 4.98 Å². The van der Waals surface area contributed by atoms with E-state index in [2.05, 4.69) is 51.9 Å². The predicted octanol–water partition coefficient (Wildman–Crippen LogP) is 6.14. The molecule has 4 aromatic rings. The fraction of sp³-hybridized carbons (Fsp3) is 0.192. The van der Waals surface area contributed by atoms with Gasteiger partial charge in [-0.3, -0.25) is 4.79 Å². The molecule has 0 unspecified atom stereocenters. The van der Waals surface area contributed by atoms with Crippen molar-refractivity contribution in [2.75, 3.05) is 0 Å². The summed E-state index contributed by atoms with van der Waals surface area (Å²) >= 11 is 1.51. The van der Waals surface area contributed by atoms with Gasteiger partial charge in [0.25, 0.3) is 5.91 Å². The summed E-state index contributed by atoms with van der Waals surface area (Å²) in [6.45, 7) is 5.80. The molecule has 0 fully saturated rings. The Labute approximate surface area is 192 Å². The molecule has 0 saturated heterocycles. The van der Waals surface area contributed by atoms with Crippen molar-refractivity contribution in [3.63, 3.8) is 0 Å². The number of aryl methyl sites for hydroxylation is 2. The largest absolute Gasteiger partial charge is 0.361 e. The molecule has 6 heteroatoms. The third-order valence-corrected chi connectivity index (χ3v) is 6.45. The lowest BCUT2D eigenvalue weighted by atomic mass is 10.0. The highest BCUT2D eigenvalue weighted by atomic mass is 32.2. The van der Waals surface area contributed by atoms with Crippen molar-refractivity contribution >= 4 is 17.7 Å². The Morgan fingerprint density at radius 3 is 2.41 bits per heavy atom. The molecule has 1 amide bonds. The second kappa shape index (κ2) is 9.83. The van der Waals surface area contributed by atoms with Gasteiger partial charge in [0.2, 0.25) is 0 Å². The molecule has 0 bridgehead atoms. The number of aromatic nitrogens is 2. The Hall–Kier alpha value is -3.38. The normalized spacial score (nSPS) is 11.8. The monoisotopic (exact) mass is 443 g/mol. The van der Waals surface area contributed by atoms with E-state index in [0.717, 1.165) is 28.1 Å². The van der Waals surface area contributed by atoms with E-state index in [4.69, 9.17) is 4.52 Å². The van der Waals surface area contributed by atoms with Gasteiger partial charge in [0.1, 0.15) is 10.8 Å². The van der Waals surface area contributed by atoms with Gasteiger partial charge in [0.15, 0.2) is 0 Å². The van der Waals surface area contributed by atoms with E-state index in [0.29, 0.717) is 16.3 Å². The first kappa shape index (κ1) is 21.8. The Bertz CT molecular complexity index is 1180. The van der Waals surface area contributed by atoms with Crippen molar-refractivity contribution in [3.05, 3.63) is 101 Å². The lowest BCUT2D eigenvalue weighted by molar-refractivity contribution is 0.0936. The molecule has 32 heavy (non-hydrogen) atoms. The van der Waals surface area contributed by atoms with E-state index < -0.39 is 0 Å². The highest BCUT2D eigenvalue weighted by molar-refractivity contribution is 7.98. The Balaban J connectivity index is 1.44. The summed E-state index contributed by atoms with van der Waals surface area (Å²) in [4.78, 5) is 17.5. The zero-order chi connectivity index (χ0) is 22.5. The van der Waals surface area contributed by atoms with Gasteiger partial charge < -0.3 is 9.84 Å². The summed E-state index contributed by atoms with van der Waals surface area (Å²) in [5.74, 6) is 1.30. The van der Waals surface area contributed by atoms with Crippen molar-refractivity contribution in [1.29, 1.82) is 0 Å². The van der Waals surface area contributed by atoms with Crippen LogP contribution >= 0.6 is 11.8 Å². The van der Waals surface area contributed by atoms with E-state index in [1.807, 2.05) is 45.0 Å². The van der Waals surface area contributed by atoms with E-state index in [-0.39, 0.29) is 11.9 Å². The summed E-state index contributed by atoms with van der Waals surface area (Å²) in [5, 5.41) is 7.79. The van der Waals surface area contributed by atoms with Crippen LogP contribution in [-0.2, 0) is 5.75 Å². The minimum atomic E-state index is -0.140. The molecule has 2 aromatic carbocycles. The van der Waals surface area contributed by atoms with Gasteiger partial charge in [-0.15, -0.1) is 11.8 Å². The molecule has 1 atom stereocenters.